The molecule has 1 aromatic heterocycles. The summed E-state index contributed by atoms with van der Waals surface area (Å²) >= 11 is 0. The van der Waals surface area contributed by atoms with E-state index in [0.29, 0.717) is 0 Å². The summed E-state index contributed by atoms with van der Waals surface area (Å²) in [4.78, 5) is 0. The second-order valence-corrected chi connectivity index (χ2v) is 14.4. The van der Waals surface area contributed by atoms with E-state index in [1.807, 2.05) is 6.07 Å². The molecule has 0 radical (unpaired) electrons. The lowest BCUT2D eigenvalue weighted by molar-refractivity contribution is 0.663. The van der Waals surface area contributed by atoms with Gasteiger partial charge in [0.2, 0.25) is 0 Å². The summed E-state index contributed by atoms with van der Waals surface area (Å²) in [5, 5.41) is 12.8. The summed E-state index contributed by atoms with van der Waals surface area (Å²) < 4.78 is 6.28. The molecule has 234 valence electrons. The van der Waals surface area contributed by atoms with Crippen LogP contribution in [0.2, 0.25) is 0 Å². The van der Waals surface area contributed by atoms with Crippen molar-refractivity contribution in [2.24, 2.45) is 0 Å². The first-order valence-corrected chi connectivity index (χ1v) is 17.5. The van der Waals surface area contributed by atoms with Crippen molar-refractivity contribution < 1.29 is 4.42 Å². The second-order valence-electron chi connectivity index (χ2n) is 14.4. The summed E-state index contributed by atoms with van der Waals surface area (Å²) in [6.45, 7) is 4.75. The van der Waals surface area contributed by atoms with E-state index in [-0.39, 0.29) is 5.41 Å². The Morgan fingerprint density at radius 2 is 0.940 bits per heavy atom. The molecule has 0 unspecified atom stereocenters. The average Bonchev–Trinajstić information content (AvgIpc) is 3.66. The molecule has 10 aromatic rings. The standard InChI is InChI=1S/C49H32O/c1-49(2)40-23-10-15-31-28-39(37-22-11-24-41(49)48(37)45(31)40)46-35-18-5-3-16-33(35)44(34-17-4-6-19-36(34)46)30-14-9-13-29(27-30)32-21-12-26-43-47(32)38-20-7-8-25-42(38)50-43/h3-28H,1-2H3. The van der Waals surface area contributed by atoms with Crippen LogP contribution in [0, 0.1) is 0 Å². The zero-order chi connectivity index (χ0) is 33.1. The number of furan rings is 1. The Kier molecular flexibility index (Phi) is 5.51. The van der Waals surface area contributed by atoms with Crippen molar-refractivity contribution in [3.63, 3.8) is 0 Å². The number of hydrogen-bond acceptors (Lipinski definition) is 1. The highest BCUT2D eigenvalue weighted by Crippen LogP contribution is 2.53. The van der Waals surface area contributed by atoms with Crippen LogP contribution in [0.4, 0.5) is 0 Å². The van der Waals surface area contributed by atoms with Crippen molar-refractivity contribution in [3.05, 3.63) is 169 Å². The first-order chi connectivity index (χ1) is 24.6. The Bertz CT molecular complexity index is 3010. The topological polar surface area (TPSA) is 13.1 Å². The molecule has 9 aromatic carbocycles. The van der Waals surface area contributed by atoms with Gasteiger partial charge in [-0.15, -0.1) is 0 Å². The highest BCUT2D eigenvalue weighted by molar-refractivity contribution is 6.27. The van der Waals surface area contributed by atoms with E-state index in [1.54, 1.807) is 0 Å². The zero-order valence-corrected chi connectivity index (χ0v) is 27.9. The molecule has 0 saturated heterocycles. The third-order valence-corrected chi connectivity index (χ3v) is 11.4. The van der Waals surface area contributed by atoms with Gasteiger partial charge in [0.1, 0.15) is 11.2 Å². The summed E-state index contributed by atoms with van der Waals surface area (Å²) in [7, 11) is 0. The van der Waals surface area contributed by atoms with Crippen molar-refractivity contribution in [2.75, 3.05) is 0 Å². The van der Waals surface area contributed by atoms with Gasteiger partial charge in [-0.2, -0.15) is 0 Å². The number of hydrogen-bond donors (Lipinski definition) is 0. The van der Waals surface area contributed by atoms with Crippen LogP contribution in [0.15, 0.2) is 162 Å². The molecule has 0 aliphatic heterocycles. The van der Waals surface area contributed by atoms with E-state index in [0.717, 1.165) is 21.9 Å². The van der Waals surface area contributed by atoms with E-state index in [1.165, 1.54) is 87.6 Å². The Hall–Kier alpha value is -6.18. The van der Waals surface area contributed by atoms with Gasteiger partial charge in [-0.25, -0.2) is 0 Å². The van der Waals surface area contributed by atoms with Gasteiger partial charge in [-0.05, 0) is 112 Å². The Morgan fingerprint density at radius 3 is 1.70 bits per heavy atom. The molecule has 1 heterocycles. The van der Waals surface area contributed by atoms with Crippen LogP contribution in [-0.2, 0) is 5.41 Å². The minimum absolute atomic E-state index is 0.0357. The third kappa shape index (κ3) is 3.62. The Morgan fingerprint density at radius 1 is 0.380 bits per heavy atom. The fourth-order valence-electron chi connectivity index (χ4n) is 9.23. The fraction of sp³-hybridized carbons (Fsp3) is 0.0612. The average molecular weight is 637 g/mol. The maximum absolute atomic E-state index is 6.28. The Labute approximate surface area is 290 Å². The largest absolute Gasteiger partial charge is 0.456 e. The normalized spacial score (nSPS) is 13.6. The van der Waals surface area contributed by atoms with Gasteiger partial charge in [-0.3, -0.25) is 0 Å². The predicted octanol–water partition coefficient (Wildman–Crippen LogP) is 13.8. The van der Waals surface area contributed by atoms with Crippen LogP contribution in [0.5, 0.6) is 0 Å². The van der Waals surface area contributed by atoms with Crippen LogP contribution in [0.1, 0.15) is 25.0 Å². The summed E-state index contributed by atoms with van der Waals surface area (Å²) in [6.07, 6.45) is 0. The van der Waals surface area contributed by atoms with Crippen LogP contribution < -0.4 is 0 Å². The summed E-state index contributed by atoms with van der Waals surface area (Å²) in [5.41, 5.74) is 12.1. The summed E-state index contributed by atoms with van der Waals surface area (Å²) in [6, 6.07) is 58.1. The second kappa shape index (κ2) is 9.94. The predicted molar refractivity (Wildman–Crippen MR) is 212 cm³/mol. The van der Waals surface area contributed by atoms with Crippen molar-refractivity contribution in [3.8, 4) is 33.4 Å². The first-order valence-electron chi connectivity index (χ1n) is 17.5. The number of benzene rings is 9. The lowest BCUT2D eigenvalue weighted by Gasteiger charge is -2.21. The zero-order valence-electron chi connectivity index (χ0n) is 27.9. The van der Waals surface area contributed by atoms with Crippen molar-refractivity contribution in [2.45, 2.75) is 19.3 Å². The van der Waals surface area contributed by atoms with Gasteiger partial charge < -0.3 is 4.42 Å². The van der Waals surface area contributed by atoms with E-state index >= 15 is 0 Å². The number of para-hydroxylation sites is 1. The highest BCUT2D eigenvalue weighted by atomic mass is 16.3. The van der Waals surface area contributed by atoms with E-state index in [2.05, 4.69) is 166 Å². The molecule has 1 nitrogen and oxygen atoms in total. The summed E-state index contributed by atoms with van der Waals surface area (Å²) in [5.74, 6) is 0. The molecular formula is C49H32O. The molecule has 50 heavy (non-hydrogen) atoms. The monoisotopic (exact) mass is 636 g/mol. The lowest BCUT2D eigenvalue weighted by Crippen LogP contribution is -2.14. The highest BCUT2D eigenvalue weighted by Gasteiger charge is 2.34. The minimum atomic E-state index is -0.0357. The van der Waals surface area contributed by atoms with E-state index in [9.17, 15) is 0 Å². The molecule has 1 aliphatic carbocycles. The van der Waals surface area contributed by atoms with Crippen molar-refractivity contribution in [1.82, 2.24) is 0 Å². The molecule has 0 spiro atoms. The van der Waals surface area contributed by atoms with Crippen LogP contribution >= 0.6 is 0 Å². The molecule has 1 heteroatoms. The smallest absolute Gasteiger partial charge is 0.136 e. The number of fused-ring (bicyclic) bond motifs is 5. The van der Waals surface area contributed by atoms with Gasteiger partial charge in [-0.1, -0.05) is 147 Å². The molecular weight excluding hydrogens is 605 g/mol. The molecule has 0 bridgehead atoms. The minimum Gasteiger partial charge on any atom is -0.456 e. The van der Waals surface area contributed by atoms with E-state index in [4.69, 9.17) is 4.42 Å². The molecule has 11 rings (SSSR count). The van der Waals surface area contributed by atoms with Crippen molar-refractivity contribution in [1.29, 1.82) is 0 Å². The van der Waals surface area contributed by atoms with Crippen LogP contribution in [0.3, 0.4) is 0 Å². The van der Waals surface area contributed by atoms with Crippen molar-refractivity contribution >= 4 is 65.0 Å². The molecule has 0 N–H and O–H groups in total. The van der Waals surface area contributed by atoms with Gasteiger partial charge >= 0.3 is 0 Å². The van der Waals surface area contributed by atoms with Gasteiger partial charge in [0.25, 0.3) is 0 Å². The van der Waals surface area contributed by atoms with Gasteiger partial charge in [0.05, 0.1) is 0 Å². The van der Waals surface area contributed by atoms with Gasteiger partial charge in [0.15, 0.2) is 0 Å². The molecule has 0 fully saturated rings. The molecule has 0 saturated carbocycles. The van der Waals surface area contributed by atoms with E-state index < -0.39 is 0 Å². The first kappa shape index (κ1) is 27.7. The maximum Gasteiger partial charge on any atom is 0.136 e. The number of rotatable bonds is 3. The quantitative estimate of drug-likeness (QED) is 0.139. The third-order valence-electron chi connectivity index (χ3n) is 11.4. The lowest BCUT2D eigenvalue weighted by atomic mass is 9.81. The SMILES string of the molecule is CC1(C)c2cccc3cc(-c4c5ccccc5c(-c5cccc(-c6cccc7oc8ccccc8c67)c5)c5ccccc45)c4cccc1c4c23. The molecule has 0 amide bonds. The maximum atomic E-state index is 6.28. The Balaban J connectivity index is 1.22. The molecule has 1 aliphatic rings. The van der Waals surface area contributed by atoms with Crippen LogP contribution in [-0.4, -0.2) is 0 Å². The molecule has 0 atom stereocenters. The van der Waals surface area contributed by atoms with Gasteiger partial charge in [0, 0.05) is 16.2 Å². The fourth-order valence-corrected chi connectivity index (χ4v) is 9.23. The van der Waals surface area contributed by atoms with Crippen LogP contribution in [0.25, 0.3) is 98.4 Å².